The second-order valence-corrected chi connectivity index (χ2v) is 4.12. The topological polar surface area (TPSA) is 61.4 Å². The Morgan fingerprint density at radius 1 is 1.47 bits per heavy atom. The van der Waals surface area contributed by atoms with Crippen LogP contribution < -0.4 is 10.6 Å². The molecule has 0 aromatic heterocycles. The first-order valence-corrected chi connectivity index (χ1v) is 5.98. The highest BCUT2D eigenvalue weighted by molar-refractivity contribution is 6.33. The van der Waals surface area contributed by atoms with Crippen LogP contribution in [-0.4, -0.2) is 23.8 Å². The van der Waals surface area contributed by atoms with E-state index in [0.29, 0.717) is 30.1 Å². The molecular weight excluding hydrogens is 240 g/mol. The maximum atomic E-state index is 11.5. The molecule has 17 heavy (non-hydrogen) atoms. The second kappa shape index (κ2) is 7.14. The molecule has 2 amide bonds. The average molecular weight is 257 g/mol. The van der Waals surface area contributed by atoms with Crippen LogP contribution in [-0.2, 0) is 0 Å². The molecule has 1 aromatic rings. The van der Waals surface area contributed by atoms with Gasteiger partial charge in [-0.2, -0.15) is 0 Å². The minimum atomic E-state index is -0.365. The zero-order valence-corrected chi connectivity index (χ0v) is 10.5. The molecule has 0 spiro atoms. The van der Waals surface area contributed by atoms with Crippen molar-refractivity contribution in [3.63, 3.8) is 0 Å². The number of hydrogen-bond acceptors (Lipinski definition) is 2. The molecule has 1 aromatic carbocycles. The van der Waals surface area contributed by atoms with E-state index < -0.39 is 0 Å². The van der Waals surface area contributed by atoms with E-state index in [9.17, 15) is 9.90 Å². The van der Waals surface area contributed by atoms with Crippen LogP contribution in [0.15, 0.2) is 24.3 Å². The van der Waals surface area contributed by atoms with Gasteiger partial charge in [-0.1, -0.05) is 30.7 Å². The fourth-order valence-corrected chi connectivity index (χ4v) is 1.47. The van der Waals surface area contributed by atoms with Gasteiger partial charge in [-0.05, 0) is 25.0 Å². The lowest BCUT2D eigenvalue weighted by atomic mass is 10.2. The fraction of sp³-hybridized carbons (Fsp3) is 0.417. The molecule has 1 atom stereocenters. The van der Waals surface area contributed by atoms with Crippen LogP contribution in [0, 0.1) is 0 Å². The van der Waals surface area contributed by atoms with E-state index in [4.69, 9.17) is 11.6 Å². The summed E-state index contributed by atoms with van der Waals surface area (Å²) < 4.78 is 0. The van der Waals surface area contributed by atoms with Gasteiger partial charge in [-0.25, -0.2) is 4.79 Å². The molecule has 4 nitrogen and oxygen atoms in total. The Morgan fingerprint density at radius 3 is 2.82 bits per heavy atom. The Labute approximate surface area is 106 Å². The van der Waals surface area contributed by atoms with Gasteiger partial charge in [-0.15, -0.1) is 0 Å². The first-order valence-electron chi connectivity index (χ1n) is 5.61. The van der Waals surface area contributed by atoms with E-state index in [2.05, 4.69) is 10.6 Å². The summed E-state index contributed by atoms with van der Waals surface area (Å²) in [5.41, 5.74) is 0.572. The molecule has 0 fully saturated rings. The molecule has 0 aliphatic heterocycles. The lowest BCUT2D eigenvalue weighted by Crippen LogP contribution is -2.31. The number of hydrogen-bond donors (Lipinski definition) is 3. The van der Waals surface area contributed by atoms with Crippen LogP contribution in [0.4, 0.5) is 10.5 Å². The summed E-state index contributed by atoms with van der Waals surface area (Å²) in [7, 11) is 0. The molecule has 0 heterocycles. The highest BCUT2D eigenvalue weighted by Crippen LogP contribution is 2.19. The summed E-state index contributed by atoms with van der Waals surface area (Å²) in [5, 5.41) is 15.1. The number of benzene rings is 1. The van der Waals surface area contributed by atoms with Crippen molar-refractivity contribution in [2.24, 2.45) is 0 Å². The standard InChI is InChI=1S/C12H17ClN2O2/c1-2-9(16)7-8-14-12(17)15-11-6-4-3-5-10(11)13/h3-6,9,16H,2,7-8H2,1H3,(H2,14,15,17). The van der Waals surface area contributed by atoms with Crippen LogP contribution >= 0.6 is 11.6 Å². The lowest BCUT2D eigenvalue weighted by Gasteiger charge is -2.10. The predicted octanol–water partition coefficient (Wildman–Crippen LogP) is 2.62. The van der Waals surface area contributed by atoms with Gasteiger partial charge < -0.3 is 15.7 Å². The number of amides is 2. The van der Waals surface area contributed by atoms with Gasteiger partial charge in [0.05, 0.1) is 16.8 Å². The SMILES string of the molecule is CCC(O)CCNC(=O)Nc1ccccc1Cl. The third-order valence-corrected chi connectivity index (χ3v) is 2.69. The molecule has 0 saturated carbocycles. The Morgan fingerprint density at radius 2 is 2.18 bits per heavy atom. The Balaban J connectivity index is 2.33. The van der Waals surface area contributed by atoms with Crippen molar-refractivity contribution < 1.29 is 9.90 Å². The van der Waals surface area contributed by atoms with Crippen molar-refractivity contribution in [2.45, 2.75) is 25.9 Å². The van der Waals surface area contributed by atoms with Crippen LogP contribution in [0.1, 0.15) is 19.8 Å². The van der Waals surface area contributed by atoms with Gasteiger partial charge in [-0.3, -0.25) is 0 Å². The lowest BCUT2D eigenvalue weighted by molar-refractivity contribution is 0.160. The second-order valence-electron chi connectivity index (χ2n) is 3.71. The number of anilines is 1. The van der Waals surface area contributed by atoms with Gasteiger partial charge in [0.1, 0.15) is 0 Å². The Hall–Kier alpha value is -1.26. The highest BCUT2D eigenvalue weighted by atomic mass is 35.5. The van der Waals surface area contributed by atoms with Gasteiger partial charge >= 0.3 is 6.03 Å². The van der Waals surface area contributed by atoms with Crippen LogP contribution in [0.3, 0.4) is 0 Å². The zero-order chi connectivity index (χ0) is 12.7. The van der Waals surface area contributed by atoms with Crippen LogP contribution in [0.2, 0.25) is 5.02 Å². The number of halogens is 1. The maximum Gasteiger partial charge on any atom is 0.319 e. The number of nitrogens with one attached hydrogen (secondary N) is 2. The normalized spacial score (nSPS) is 11.9. The molecule has 0 bridgehead atoms. The van der Waals surface area contributed by atoms with Crippen molar-refractivity contribution in [3.05, 3.63) is 29.3 Å². The minimum absolute atomic E-state index is 0.318. The van der Waals surface area contributed by atoms with E-state index >= 15 is 0 Å². The monoisotopic (exact) mass is 256 g/mol. The van der Waals surface area contributed by atoms with Crippen LogP contribution in [0.5, 0.6) is 0 Å². The first kappa shape index (κ1) is 13.8. The highest BCUT2D eigenvalue weighted by Gasteiger charge is 2.05. The molecule has 0 aliphatic rings. The van der Waals surface area contributed by atoms with E-state index in [0.717, 1.165) is 0 Å². The van der Waals surface area contributed by atoms with Gasteiger partial charge in [0.2, 0.25) is 0 Å². The third kappa shape index (κ3) is 5.06. The number of para-hydroxylation sites is 1. The summed E-state index contributed by atoms with van der Waals surface area (Å²) in [5.74, 6) is 0. The summed E-state index contributed by atoms with van der Waals surface area (Å²) in [6.07, 6.45) is 0.871. The van der Waals surface area contributed by atoms with E-state index in [1.165, 1.54) is 0 Å². The van der Waals surface area contributed by atoms with E-state index in [1.54, 1.807) is 24.3 Å². The largest absolute Gasteiger partial charge is 0.393 e. The molecule has 0 radical (unpaired) electrons. The van der Waals surface area contributed by atoms with Gasteiger partial charge in [0.25, 0.3) is 0 Å². The van der Waals surface area contributed by atoms with Gasteiger partial charge in [0, 0.05) is 6.54 Å². The van der Waals surface area contributed by atoms with E-state index in [1.807, 2.05) is 6.92 Å². The summed E-state index contributed by atoms with van der Waals surface area (Å²) >= 11 is 5.89. The van der Waals surface area contributed by atoms with Crippen molar-refractivity contribution in [2.75, 3.05) is 11.9 Å². The summed E-state index contributed by atoms with van der Waals surface area (Å²) in [6, 6.07) is 6.70. The van der Waals surface area contributed by atoms with Crippen molar-refractivity contribution in [3.8, 4) is 0 Å². The number of aliphatic hydroxyl groups is 1. The number of carbonyl (C=O) groups excluding carboxylic acids is 1. The predicted molar refractivity (Wildman–Crippen MR) is 69.4 cm³/mol. The fourth-order valence-electron chi connectivity index (χ4n) is 1.29. The first-order chi connectivity index (χ1) is 8.13. The molecule has 3 N–H and O–H groups in total. The number of rotatable bonds is 5. The molecular formula is C12H17ClN2O2. The van der Waals surface area contributed by atoms with Crippen molar-refractivity contribution in [1.82, 2.24) is 5.32 Å². The summed E-state index contributed by atoms with van der Waals surface area (Å²) in [6.45, 7) is 2.33. The number of aliphatic hydroxyl groups excluding tert-OH is 1. The molecule has 0 aliphatic carbocycles. The molecule has 1 unspecified atom stereocenters. The Bertz CT molecular complexity index is 371. The third-order valence-electron chi connectivity index (χ3n) is 2.36. The van der Waals surface area contributed by atoms with Crippen molar-refractivity contribution in [1.29, 1.82) is 0 Å². The number of carbonyl (C=O) groups is 1. The maximum absolute atomic E-state index is 11.5. The van der Waals surface area contributed by atoms with Gasteiger partial charge in [0.15, 0.2) is 0 Å². The molecule has 0 saturated heterocycles. The average Bonchev–Trinajstić information content (AvgIpc) is 2.32. The molecule has 94 valence electrons. The number of urea groups is 1. The smallest absolute Gasteiger partial charge is 0.319 e. The Kier molecular flexibility index (Phi) is 5.80. The summed E-state index contributed by atoms with van der Waals surface area (Å²) in [4.78, 5) is 11.5. The quantitative estimate of drug-likeness (QED) is 0.758. The molecule has 1 rings (SSSR count). The molecule has 5 heteroatoms. The van der Waals surface area contributed by atoms with E-state index in [-0.39, 0.29) is 12.1 Å². The zero-order valence-electron chi connectivity index (χ0n) is 9.74. The minimum Gasteiger partial charge on any atom is -0.393 e. The van der Waals surface area contributed by atoms with Crippen LogP contribution in [0.25, 0.3) is 0 Å². The van der Waals surface area contributed by atoms with Crippen molar-refractivity contribution >= 4 is 23.3 Å².